The quantitative estimate of drug-likeness (QED) is 0.607. The molecule has 1 unspecified atom stereocenters. The van der Waals surface area contributed by atoms with Crippen LogP contribution in [-0.2, 0) is 11.2 Å². The molecule has 2 amide bonds. The zero-order valence-corrected chi connectivity index (χ0v) is 18.1. The number of likely N-dealkylation sites (N-methyl/N-ethyl adjacent to an activating group) is 1. The molecule has 7 nitrogen and oxygen atoms in total. The van der Waals surface area contributed by atoms with Crippen molar-refractivity contribution >= 4 is 33.6 Å². The van der Waals surface area contributed by atoms with Crippen molar-refractivity contribution in [2.75, 3.05) is 11.9 Å². The first-order valence-corrected chi connectivity index (χ1v) is 10.3. The SMILES string of the molecule is CN1C(=O)C(NC(=O)c2cc(Oc3ccc(F)cc3)ccn2)CCc2cc(Br)cnc21. The highest BCUT2D eigenvalue weighted by Crippen LogP contribution is 2.27. The minimum absolute atomic E-state index is 0.109. The summed E-state index contributed by atoms with van der Waals surface area (Å²) in [6, 6.07) is 9.80. The summed E-state index contributed by atoms with van der Waals surface area (Å²) >= 11 is 3.40. The lowest BCUT2D eigenvalue weighted by molar-refractivity contribution is -0.120. The largest absolute Gasteiger partial charge is 0.457 e. The lowest BCUT2D eigenvalue weighted by Crippen LogP contribution is -2.47. The highest BCUT2D eigenvalue weighted by atomic mass is 79.9. The summed E-state index contributed by atoms with van der Waals surface area (Å²) in [5, 5.41) is 2.77. The third-order valence-corrected chi connectivity index (χ3v) is 5.31. The number of rotatable bonds is 4. The van der Waals surface area contributed by atoms with Crippen LogP contribution in [0.4, 0.5) is 10.2 Å². The second-order valence-corrected chi connectivity index (χ2v) is 7.95. The van der Waals surface area contributed by atoms with Gasteiger partial charge in [-0.3, -0.25) is 19.5 Å². The Kier molecular flexibility index (Phi) is 5.94. The first kappa shape index (κ1) is 20.9. The number of halogens is 2. The molecule has 9 heteroatoms. The van der Waals surface area contributed by atoms with Crippen molar-refractivity contribution in [3.63, 3.8) is 0 Å². The minimum Gasteiger partial charge on any atom is -0.457 e. The normalized spacial score (nSPS) is 15.8. The number of nitrogens with one attached hydrogen (secondary N) is 1. The van der Waals surface area contributed by atoms with Crippen LogP contribution in [0.2, 0.25) is 0 Å². The van der Waals surface area contributed by atoms with Gasteiger partial charge in [0.05, 0.1) is 0 Å². The maximum atomic E-state index is 13.1. The third kappa shape index (κ3) is 4.72. The maximum Gasteiger partial charge on any atom is 0.270 e. The van der Waals surface area contributed by atoms with Gasteiger partial charge in [-0.1, -0.05) is 0 Å². The topological polar surface area (TPSA) is 84.4 Å². The van der Waals surface area contributed by atoms with Crippen molar-refractivity contribution in [1.82, 2.24) is 15.3 Å². The molecule has 0 spiro atoms. The molecule has 4 rings (SSSR count). The smallest absolute Gasteiger partial charge is 0.270 e. The van der Waals surface area contributed by atoms with Crippen LogP contribution < -0.4 is 15.0 Å². The van der Waals surface area contributed by atoms with Gasteiger partial charge in [-0.05, 0) is 70.7 Å². The molecule has 31 heavy (non-hydrogen) atoms. The summed E-state index contributed by atoms with van der Waals surface area (Å²) in [6.07, 6.45) is 4.10. The number of carbonyl (C=O) groups is 2. The van der Waals surface area contributed by atoms with Crippen LogP contribution >= 0.6 is 15.9 Å². The standard InChI is InChI=1S/C22H18BrFN4O3/c1-28-20-13(10-14(23)12-26-20)2-7-18(22(28)30)27-21(29)19-11-17(8-9-25-19)31-16-5-3-15(24)4-6-16/h3-6,8-12,18H,2,7H2,1H3,(H,27,29). The average Bonchev–Trinajstić information content (AvgIpc) is 2.87. The molecule has 0 radical (unpaired) electrons. The number of amides is 2. The Hall–Kier alpha value is -3.33. The summed E-state index contributed by atoms with van der Waals surface area (Å²) in [7, 11) is 1.64. The summed E-state index contributed by atoms with van der Waals surface area (Å²) in [4.78, 5) is 35.5. The highest BCUT2D eigenvalue weighted by molar-refractivity contribution is 9.10. The van der Waals surface area contributed by atoms with Crippen LogP contribution in [-0.4, -0.2) is 34.9 Å². The molecule has 0 bridgehead atoms. The van der Waals surface area contributed by atoms with Crippen molar-refractivity contribution in [2.24, 2.45) is 0 Å². The number of hydrogen-bond donors (Lipinski definition) is 1. The van der Waals surface area contributed by atoms with Crippen molar-refractivity contribution < 1.29 is 18.7 Å². The molecule has 3 aromatic rings. The summed E-state index contributed by atoms with van der Waals surface area (Å²) in [6.45, 7) is 0. The van der Waals surface area contributed by atoms with E-state index in [1.54, 1.807) is 19.3 Å². The van der Waals surface area contributed by atoms with Gasteiger partial charge in [0.25, 0.3) is 5.91 Å². The van der Waals surface area contributed by atoms with E-state index in [1.807, 2.05) is 6.07 Å². The van der Waals surface area contributed by atoms with Gasteiger partial charge in [0.2, 0.25) is 5.91 Å². The van der Waals surface area contributed by atoms with E-state index in [1.165, 1.54) is 41.4 Å². The number of hydrogen-bond acceptors (Lipinski definition) is 5. The fourth-order valence-electron chi connectivity index (χ4n) is 3.33. The number of nitrogens with zero attached hydrogens (tertiary/aromatic N) is 3. The van der Waals surface area contributed by atoms with Crippen LogP contribution in [0.1, 0.15) is 22.5 Å². The van der Waals surface area contributed by atoms with Crippen LogP contribution in [0.15, 0.2) is 59.3 Å². The van der Waals surface area contributed by atoms with Gasteiger partial charge < -0.3 is 10.1 Å². The number of pyridine rings is 2. The Balaban J connectivity index is 1.48. The lowest BCUT2D eigenvalue weighted by atomic mass is 10.1. The van der Waals surface area contributed by atoms with E-state index in [0.29, 0.717) is 30.2 Å². The number of ether oxygens (including phenoxy) is 1. The van der Waals surface area contributed by atoms with Gasteiger partial charge in [-0.15, -0.1) is 0 Å². The van der Waals surface area contributed by atoms with E-state index in [2.05, 4.69) is 31.2 Å². The van der Waals surface area contributed by atoms with E-state index >= 15 is 0 Å². The molecule has 0 saturated heterocycles. The van der Waals surface area contributed by atoms with Gasteiger partial charge in [-0.2, -0.15) is 0 Å². The summed E-state index contributed by atoms with van der Waals surface area (Å²) < 4.78 is 19.5. The summed E-state index contributed by atoms with van der Waals surface area (Å²) in [5.74, 6) is 0.271. The Morgan fingerprint density at radius 3 is 2.74 bits per heavy atom. The predicted molar refractivity (Wildman–Crippen MR) is 116 cm³/mol. The minimum atomic E-state index is -0.714. The van der Waals surface area contributed by atoms with Gasteiger partial charge in [-0.25, -0.2) is 9.37 Å². The molecule has 0 aliphatic carbocycles. The fraction of sp³-hybridized carbons (Fsp3) is 0.182. The van der Waals surface area contributed by atoms with E-state index in [4.69, 9.17) is 4.74 Å². The van der Waals surface area contributed by atoms with E-state index in [-0.39, 0.29) is 17.4 Å². The van der Waals surface area contributed by atoms with Crippen molar-refractivity contribution in [1.29, 1.82) is 0 Å². The average molecular weight is 485 g/mol. The first-order chi connectivity index (χ1) is 14.9. The zero-order valence-electron chi connectivity index (χ0n) is 16.5. The molecule has 0 fully saturated rings. The third-order valence-electron chi connectivity index (χ3n) is 4.88. The van der Waals surface area contributed by atoms with Crippen LogP contribution in [0.25, 0.3) is 0 Å². The lowest BCUT2D eigenvalue weighted by Gasteiger charge is -2.21. The van der Waals surface area contributed by atoms with E-state index in [9.17, 15) is 14.0 Å². The molecular weight excluding hydrogens is 467 g/mol. The second kappa shape index (κ2) is 8.81. The number of carbonyl (C=O) groups excluding carboxylic acids is 2. The molecule has 3 heterocycles. The first-order valence-electron chi connectivity index (χ1n) is 9.53. The molecule has 2 aromatic heterocycles. The van der Waals surface area contributed by atoms with Crippen LogP contribution in [0.5, 0.6) is 11.5 Å². The molecule has 158 valence electrons. The maximum absolute atomic E-state index is 13.1. The Labute approximate surface area is 186 Å². The van der Waals surface area contributed by atoms with Crippen LogP contribution in [0.3, 0.4) is 0 Å². The van der Waals surface area contributed by atoms with Gasteiger partial charge in [0, 0.05) is 30.0 Å². The number of aryl methyl sites for hydroxylation is 1. The molecule has 1 aromatic carbocycles. The number of fused-ring (bicyclic) bond motifs is 1. The molecular formula is C22H18BrFN4O3. The van der Waals surface area contributed by atoms with Gasteiger partial charge in [0.1, 0.15) is 34.9 Å². The Morgan fingerprint density at radius 2 is 1.97 bits per heavy atom. The van der Waals surface area contributed by atoms with Gasteiger partial charge >= 0.3 is 0 Å². The van der Waals surface area contributed by atoms with E-state index in [0.717, 1.165) is 10.0 Å². The molecule has 1 N–H and O–H groups in total. The number of benzene rings is 1. The second-order valence-electron chi connectivity index (χ2n) is 7.03. The molecule has 1 aliphatic heterocycles. The van der Waals surface area contributed by atoms with Crippen LogP contribution in [0, 0.1) is 5.82 Å². The molecule has 1 atom stereocenters. The van der Waals surface area contributed by atoms with E-state index < -0.39 is 11.9 Å². The Morgan fingerprint density at radius 1 is 1.19 bits per heavy atom. The van der Waals surface area contributed by atoms with Crippen molar-refractivity contribution in [2.45, 2.75) is 18.9 Å². The Bertz CT molecular complexity index is 1140. The number of anilines is 1. The van der Waals surface area contributed by atoms with Crippen molar-refractivity contribution in [3.8, 4) is 11.5 Å². The van der Waals surface area contributed by atoms with Gasteiger partial charge in [0.15, 0.2) is 0 Å². The molecule has 1 aliphatic rings. The summed E-state index contributed by atoms with van der Waals surface area (Å²) in [5.41, 5.74) is 1.03. The monoisotopic (exact) mass is 484 g/mol. The molecule has 0 saturated carbocycles. The predicted octanol–water partition coefficient (Wildman–Crippen LogP) is 3.88. The fourth-order valence-corrected chi connectivity index (χ4v) is 3.70. The van der Waals surface area contributed by atoms with Crippen molar-refractivity contribution in [3.05, 3.63) is 76.4 Å². The zero-order chi connectivity index (χ0) is 22.0. The number of aromatic nitrogens is 2. The highest BCUT2D eigenvalue weighted by Gasteiger charge is 2.30.